The lowest BCUT2D eigenvalue weighted by Crippen LogP contribution is -2.23. The number of anilines is 1. The number of para-hydroxylation sites is 1. The number of nitrogens with zero attached hydrogens (tertiary/aromatic N) is 1. The third kappa shape index (κ3) is 4.22. The van der Waals surface area contributed by atoms with Crippen LogP contribution in [0, 0.1) is 0 Å². The highest BCUT2D eigenvalue weighted by Gasteiger charge is 1.98. The number of phenolic OH excluding ortho intramolecular Hbond substituents is 1. The first kappa shape index (κ1) is 14.3. The molecule has 0 aliphatic rings. The molecule has 0 heterocycles. The maximum atomic E-state index is 9.56. The smallest absolute Gasteiger partial charge is 0.191 e. The van der Waals surface area contributed by atoms with E-state index in [1.165, 1.54) is 6.21 Å². The molecular weight excluding hydrogens is 294 g/mol. The molecule has 0 saturated heterocycles. The lowest BCUT2D eigenvalue weighted by Gasteiger charge is -2.07. The molecule has 6 heteroatoms. The van der Waals surface area contributed by atoms with Gasteiger partial charge in [-0.2, -0.15) is 5.10 Å². The van der Waals surface area contributed by atoms with Gasteiger partial charge >= 0.3 is 0 Å². The molecule has 102 valence electrons. The van der Waals surface area contributed by atoms with Crippen molar-refractivity contribution in [2.45, 2.75) is 0 Å². The molecular formula is C14H12ClN3OS. The van der Waals surface area contributed by atoms with Crippen molar-refractivity contribution in [3.63, 3.8) is 0 Å². The molecule has 0 unspecified atom stereocenters. The minimum Gasteiger partial charge on any atom is -0.507 e. The summed E-state index contributed by atoms with van der Waals surface area (Å²) in [4.78, 5) is 0. The number of hydrogen-bond donors (Lipinski definition) is 3. The second-order valence-electron chi connectivity index (χ2n) is 3.89. The van der Waals surface area contributed by atoms with Gasteiger partial charge in [0.15, 0.2) is 5.11 Å². The van der Waals surface area contributed by atoms with Crippen molar-refractivity contribution in [2.75, 3.05) is 5.32 Å². The first-order chi connectivity index (χ1) is 9.65. The number of halogens is 1. The Labute approximate surface area is 127 Å². The summed E-state index contributed by atoms with van der Waals surface area (Å²) in [5.74, 6) is 0.159. The Balaban J connectivity index is 1.91. The first-order valence-electron chi connectivity index (χ1n) is 5.79. The van der Waals surface area contributed by atoms with Crippen LogP contribution in [0.25, 0.3) is 0 Å². The van der Waals surface area contributed by atoms with E-state index in [0.29, 0.717) is 15.7 Å². The Morgan fingerprint density at radius 1 is 1.20 bits per heavy atom. The maximum Gasteiger partial charge on any atom is 0.191 e. The fourth-order valence-electron chi connectivity index (χ4n) is 1.48. The molecule has 2 aromatic rings. The van der Waals surface area contributed by atoms with Crippen LogP contribution in [0.5, 0.6) is 5.75 Å². The molecule has 0 aliphatic heterocycles. The predicted octanol–water partition coefficient (Wildman–Crippen LogP) is 3.37. The monoisotopic (exact) mass is 305 g/mol. The van der Waals surface area contributed by atoms with Crippen LogP contribution >= 0.6 is 23.8 Å². The standard InChI is InChI=1S/C14H12ClN3OS/c15-11-5-3-6-12(8-11)17-14(20)18-16-9-10-4-1-2-7-13(10)19/h1-9,19H,(H2,17,18,20)/b16-9+. The molecule has 4 nitrogen and oxygen atoms in total. The average Bonchev–Trinajstić information content (AvgIpc) is 2.41. The number of benzene rings is 2. The normalized spacial score (nSPS) is 10.4. The summed E-state index contributed by atoms with van der Waals surface area (Å²) in [6, 6.07) is 14.1. The highest BCUT2D eigenvalue weighted by Crippen LogP contribution is 2.15. The van der Waals surface area contributed by atoms with E-state index < -0.39 is 0 Å². The number of nitrogens with one attached hydrogen (secondary N) is 2. The van der Waals surface area contributed by atoms with Crippen molar-refractivity contribution in [3.05, 3.63) is 59.1 Å². The molecule has 0 aromatic heterocycles. The Morgan fingerprint density at radius 2 is 2.00 bits per heavy atom. The van der Waals surface area contributed by atoms with Crippen molar-refractivity contribution in [1.82, 2.24) is 5.43 Å². The number of hydrazone groups is 1. The summed E-state index contributed by atoms with van der Waals surface area (Å²) in [6.07, 6.45) is 1.49. The van der Waals surface area contributed by atoms with Crippen molar-refractivity contribution in [3.8, 4) is 5.75 Å². The zero-order valence-electron chi connectivity index (χ0n) is 10.4. The second kappa shape index (κ2) is 6.88. The molecule has 20 heavy (non-hydrogen) atoms. The van der Waals surface area contributed by atoms with E-state index in [2.05, 4.69) is 15.8 Å². The number of rotatable bonds is 3. The van der Waals surface area contributed by atoms with Gasteiger partial charge in [0.25, 0.3) is 0 Å². The topological polar surface area (TPSA) is 56.7 Å². The zero-order valence-corrected chi connectivity index (χ0v) is 11.9. The van der Waals surface area contributed by atoms with E-state index in [-0.39, 0.29) is 5.75 Å². The van der Waals surface area contributed by atoms with Crippen LogP contribution < -0.4 is 10.7 Å². The fraction of sp³-hybridized carbons (Fsp3) is 0. The van der Waals surface area contributed by atoms with E-state index >= 15 is 0 Å². The molecule has 0 atom stereocenters. The quantitative estimate of drug-likeness (QED) is 0.462. The van der Waals surface area contributed by atoms with Crippen LogP contribution in [-0.2, 0) is 0 Å². The molecule has 0 aliphatic carbocycles. The summed E-state index contributed by atoms with van der Waals surface area (Å²) >= 11 is 11.0. The van der Waals surface area contributed by atoms with E-state index in [9.17, 15) is 5.11 Å². The van der Waals surface area contributed by atoms with Crippen LogP contribution in [0.15, 0.2) is 53.6 Å². The molecule has 0 bridgehead atoms. The van der Waals surface area contributed by atoms with Crippen LogP contribution in [0.1, 0.15) is 5.56 Å². The molecule has 2 rings (SSSR count). The summed E-state index contributed by atoms with van der Waals surface area (Å²) in [5, 5.41) is 17.4. The average molecular weight is 306 g/mol. The largest absolute Gasteiger partial charge is 0.507 e. The summed E-state index contributed by atoms with van der Waals surface area (Å²) < 4.78 is 0. The summed E-state index contributed by atoms with van der Waals surface area (Å²) in [7, 11) is 0. The van der Waals surface area contributed by atoms with Gasteiger partial charge in [0.05, 0.1) is 6.21 Å². The number of aromatic hydroxyl groups is 1. The maximum absolute atomic E-state index is 9.56. The summed E-state index contributed by atoms with van der Waals surface area (Å²) in [5.41, 5.74) is 4.04. The molecule has 2 aromatic carbocycles. The fourth-order valence-corrected chi connectivity index (χ4v) is 1.84. The highest BCUT2D eigenvalue weighted by molar-refractivity contribution is 7.80. The van der Waals surface area contributed by atoms with Gasteiger partial charge in [0, 0.05) is 16.3 Å². The SMILES string of the molecule is Oc1ccccc1/C=N/NC(=S)Nc1cccc(Cl)c1. The van der Waals surface area contributed by atoms with Gasteiger partial charge < -0.3 is 10.4 Å². The van der Waals surface area contributed by atoms with Gasteiger partial charge in [-0.25, -0.2) is 0 Å². The Bertz CT molecular complexity index is 646. The zero-order chi connectivity index (χ0) is 14.4. The highest BCUT2D eigenvalue weighted by atomic mass is 35.5. The lowest BCUT2D eigenvalue weighted by atomic mass is 10.2. The number of thiocarbonyl (C=S) groups is 1. The minimum absolute atomic E-state index is 0.159. The van der Waals surface area contributed by atoms with Crippen molar-refractivity contribution < 1.29 is 5.11 Å². The molecule has 0 amide bonds. The van der Waals surface area contributed by atoms with Crippen LogP contribution in [-0.4, -0.2) is 16.4 Å². The predicted molar refractivity (Wildman–Crippen MR) is 86.5 cm³/mol. The molecule has 0 saturated carbocycles. The van der Waals surface area contributed by atoms with Gasteiger partial charge in [-0.15, -0.1) is 0 Å². The minimum atomic E-state index is 0.159. The van der Waals surface area contributed by atoms with Crippen LogP contribution in [0.2, 0.25) is 5.02 Å². The van der Waals surface area contributed by atoms with Gasteiger partial charge in [-0.05, 0) is 42.5 Å². The van der Waals surface area contributed by atoms with Crippen LogP contribution in [0.3, 0.4) is 0 Å². The van der Waals surface area contributed by atoms with E-state index in [4.69, 9.17) is 23.8 Å². The number of hydrogen-bond acceptors (Lipinski definition) is 3. The third-order valence-corrected chi connectivity index (χ3v) is 2.82. The second-order valence-corrected chi connectivity index (χ2v) is 4.74. The van der Waals surface area contributed by atoms with Gasteiger partial charge in [-0.3, -0.25) is 5.43 Å². The molecule has 0 spiro atoms. The van der Waals surface area contributed by atoms with Crippen molar-refractivity contribution in [2.24, 2.45) is 5.10 Å². The van der Waals surface area contributed by atoms with E-state index in [0.717, 1.165) is 5.69 Å². The van der Waals surface area contributed by atoms with E-state index in [1.54, 1.807) is 30.3 Å². The van der Waals surface area contributed by atoms with Gasteiger partial charge in [0.2, 0.25) is 0 Å². The van der Waals surface area contributed by atoms with Gasteiger partial charge in [-0.1, -0.05) is 29.8 Å². The van der Waals surface area contributed by atoms with Crippen molar-refractivity contribution in [1.29, 1.82) is 0 Å². The molecule has 0 fully saturated rings. The lowest BCUT2D eigenvalue weighted by molar-refractivity contribution is 0.474. The van der Waals surface area contributed by atoms with Gasteiger partial charge in [0.1, 0.15) is 5.75 Å². The van der Waals surface area contributed by atoms with Crippen LogP contribution in [0.4, 0.5) is 5.69 Å². The third-order valence-electron chi connectivity index (χ3n) is 2.39. The molecule has 3 N–H and O–H groups in total. The molecule has 0 radical (unpaired) electrons. The Morgan fingerprint density at radius 3 is 2.75 bits per heavy atom. The summed E-state index contributed by atoms with van der Waals surface area (Å²) in [6.45, 7) is 0. The Hall–Kier alpha value is -2.11. The Kier molecular flexibility index (Phi) is 4.92. The van der Waals surface area contributed by atoms with E-state index in [1.807, 2.05) is 18.2 Å². The number of phenols is 1. The van der Waals surface area contributed by atoms with Crippen molar-refractivity contribution >= 4 is 40.8 Å². The first-order valence-corrected chi connectivity index (χ1v) is 6.57.